The van der Waals surface area contributed by atoms with E-state index in [4.69, 9.17) is 0 Å². The molecule has 3 atom stereocenters. The maximum Gasteiger partial charge on any atom is 0.414 e. The summed E-state index contributed by atoms with van der Waals surface area (Å²) in [4.78, 5) is 34.7. The highest BCUT2D eigenvalue weighted by atomic mass is 32.1. The Morgan fingerprint density at radius 3 is 2.55 bits per heavy atom. The lowest BCUT2D eigenvalue weighted by Crippen LogP contribution is -2.55. The van der Waals surface area contributed by atoms with Crippen molar-refractivity contribution in [2.75, 3.05) is 43.4 Å². The molecule has 3 aliphatic rings. The van der Waals surface area contributed by atoms with Crippen LogP contribution in [-0.4, -0.2) is 79.3 Å². The molecule has 1 saturated heterocycles. The largest absolute Gasteiger partial charge is 0.414 e. The molecular formula is C30H33F4N5O2S. The van der Waals surface area contributed by atoms with Gasteiger partial charge in [-0.3, -0.25) is 19.4 Å². The van der Waals surface area contributed by atoms with Crippen LogP contribution in [0.1, 0.15) is 31.4 Å². The highest BCUT2D eigenvalue weighted by molar-refractivity contribution is 7.07. The van der Waals surface area contributed by atoms with E-state index in [2.05, 4.69) is 31.6 Å². The highest BCUT2D eigenvalue weighted by Gasteiger charge is 2.43. The zero-order chi connectivity index (χ0) is 30.2. The molecule has 1 aromatic heterocycles. The van der Waals surface area contributed by atoms with Crippen molar-refractivity contribution < 1.29 is 27.2 Å². The van der Waals surface area contributed by atoms with Gasteiger partial charge in [-0.05, 0) is 67.4 Å². The van der Waals surface area contributed by atoms with Gasteiger partial charge in [0, 0.05) is 62.7 Å². The number of piperazine rings is 1. The highest BCUT2D eigenvalue weighted by Crippen LogP contribution is 2.38. The summed E-state index contributed by atoms with van der Waals surface area (Å²) in [6.07, 6.45) is -1.29. The van der Waals surface area contributed by atoms with Crippen molar-refractivity contribution in [1.29, 1.82) is 0 Å². The lowest BCUT2D eigenvalue weighted by molar-refractivity contribution is -0.124. The van der Waals surface area contributed by atoms with E-state index in [0.29, 0.717) is 49.9 Å². The number of nitrogens with one attached hydrogen (secondary N) is 1. The maximum absolute atomic E-state index is 15.8. The fourth-order valence-corrected chi connectivity index (χ4v) is 6.34. The van der Waals surface area contributed by atoms with Crippen LogP contribution in [0.2, 0.25) is 0 Å². The third kappa shape index (κ3) is 6.50. The topological polar surface area (TPSA) is 68.2 Å². The number of hydrogen-bond donors (Lipinski definition) is 1. The van der Waals surface area contributed by atoms with Gasteiger partial charge < -0.3 is 10.2 Å². The fourth-order valence-electron chi connectivity index (χ4n) is 5.68. The minimum Gasteiger partial charge on any atom is -0.367 e. The molecule has 0 bridgehead atoms. The van der Waals surface area contributed by atoms with Crippen molar-refractivity contribution in [3.8, 4) is 0 Å². The molecule has 224 valence electrons. The molecule has 0 aliphatic carbocycles. The minimum absolute atomic E-state index is 0.117. The van der Waals surface area contributed by atoms with E-state index in [-0.39, 0.29) is 17.8 Å². The minimum atomic E-state index is -4.90. The number of dihydropyridines is 1. The van der Waals surface area contributed by atoms with Gasteiger partial charge in [0.25, 0.3) is 5.91 Å². The van der Waals surface area contributed by atoms with Crippen LogP contribution in [-0.2, 0) is 16.1 Å². The zero-order valence-electron chi connectivity index (χ0n) is 23.6. The Balaban J connectivity index is 1.47. The van der Waals surface area contributed by atoms with Crippen LogP contribution in [0, 0.1) is 11.7 Å². The molecule has 0 spiro atoms. The van der Waals surface area contributed by atoms with Gasteiger partial charge in [-0.25, -0.2) is 9.38 Å². The molecule has 1 fully saturated rings. The van der Waals surface area contributed by atoms with Crippen LogP contribution in [0.3, 0.4) is 0 Å². The lowest BCUT2D eigenvalue weighted by atomic mass is 9.94. The molecule has 7 nitrogen and oxygen atoms in total. The molecule has 1 aromatic carbocycles. The van der Waals surface area contributed by atoms with Gasteiger partial charge in [0.05, 0.1) is 16.9 Å². The van der Waals surface area contributed by atoms with Crippen molar-refractivity contribution >= 4 is 46.3 Å². The number of hydrogen-bond acceptors (Lipinski definition) is 6. The quantitative estimate of drug-likeness (QED) is 0.451. The monoisotopic (exact) mass is 603 g/mol. The molecule has 0 radical (unpaired) electrons. The van der Waals surface area contributed by atoms with Crippen LogP contribution < -0.4 is 10.2 Å². The Labute approximate surface area is 246 Å². The molecule has 0 saturated carbocycles. The van der Waals surface area contributed by atoms with Crippen molar-refractivity contribution in [2.24, 2.45) is 10.9 Å². The Bertz CT molecular complexity index is 1420. The summed E-state index contributed by atoms with van der Waals surface area (Å²) in [6.45, 7) is 7.27. The van der Waals surface area contributed by atoms with Gasteiger partial charge in [-0.15, -0.1) is 0 Å². The van der Waals surface area contributed by atoms with Crippen LogP contribution >= 0.6 is 11.3 Å². The number of carbonyl (C=O) groups is 2. The summed E-state index contributed by atoms with van der Waals surface area (Å²) >= 11 is 1.64. The zero-order valence-corrected chi connectivity index (χ0v) is 24.4. The first kappa shape index (κ1) is 30.1. The maximum atomic E-state index is 15.8. The average molecular weight is 604 g/mol. The standard InChI is InChI=1S/C30H33F4N5O2S/c1-18-14-39(15-19(2)37(18)3)27-12-25(31)22(21-4-7-38(8-5-21)16-20-6-9-42-17-20)10-26(27)36-29(41)23-13-35-28(40)11-24(23)30(32,33)34/h4,6,9-13,17-19,23H,5,7-8,14-16H2,1-3H3,(H,36,41)/t18-,19+,23?. The van der Waals surface area contributed by atoms with Gasteiger partial charge in [-0.1, -0.05) is 6.08 Å². The number of amides is 2. The van der Waals surface area contributed by atoms with Gasteiger partial charge in [0.15, 0.2) is 0 Å². The van der Waals surface area contributed by atoms with Crippen LogP contribution in [0.5, 0.6) is 0 Å². The summed E-state index contributed by atoms with van der Waals surface area (Å²) in [7, 11) is 2.00. The van der Waals surface area contributed by atoms with Crippen LogP contribution in [0.15, 0.2) is 51.7 Å². The van der Waals surface area contributed by atoms with Crippen molar-refractivity contribution in [2.45, 2.75) is 45.1 Å². The second kappa shape index (κ2) is 12.1. The number of carbonyl (C=O) groups excluding carboxylic acids is 2. The molecule has 12 heteroatoms. The Hall–Kier alpha value is -3.35. The number of aliphatic imine (C=N–C) groups is 1. The Morgan fingerprint density at radius 2 is 1.93 bits per heavy atom. The second-order valence-corrected chi connectivity index (χ2v) is 11.9. The number of likely N-dealkylation sites (N-methyl/N-ethyl adjacent to an activating group) is 1. The van der Waals surface area contributed by atoms with E-state index in [1.807, 2.05) is 37.3 Å². The van der Waals surface area contributed by atoms with Crippen molar-refractivity contribution in [3.05, 3.63) is 63.6 Å². The van der Waals surface area contributed by atoms with Gasteiger partial charge in [0.1, 0.15) is 11.7 Å². The lowest BCUT2D eigenvalue weighted by Gasteiger charge is -2.44. The molecule has 3 aliphatic heterocycles. The normalized spacial score (nSPS) is 24.0. The smallest absolute Gasteiger partial charge is 0.367 e. The molecule has 1 unspecified atom stereocenters. The third-order valence-corrected chi connectivity index (χ3v) is 8.98. The van der Waals surface area contributed by atoms with E-state index in [1.54, 1.807) is 11.3 Å². The van der Waals surface area contributed by atoms with E-state index < -0.39 is 35.3 Å². The van der Waals surface area contributed by atoms with E-state index >= 15 is 4.39 Å². The summed E-state index contributed by atoms with van der Waals surface area (Å²) in [5.74, 6) is -4.34. The number of rotatable bonds is 6. The molecule has 2 amide bonds. The molecule has 4 heterocycles. The van der Waals surface area contributed by atoms with E-state index in [0.717, 1.165) is 18.3 Å². The Kier molecular flexibility index (Phi) is 8.68. The Morgan fingerprint density at radius 1 is 1.19 bits per heavy atom. The first-order valence-corrected chi connectivity index (χ1v) is 14.8. The average Bonchev–Trinajstić information content (AvgIpc) is 3.45. The van der Waals surface area contributed by atoms with E-state index in [9.17, 15) is 22.8 Å². The second-order valence-electron chi connectivity index (χ2n) is 11.1. The SMILES string of the molecule is C[C@@H]1CN(c2cc(F)c(C3=CCN(Cc4ccsc4)CC3)cc2NC(=O)C2C=NC(=O)C=C2C(F)(F)F)C[C@H](C)N1C. The molecular weight excluding hydrogens is 570 g/mol. The summed E-state index contributed by atoms with van der Waals surface area (Å²) in [5.41, 5.74) is 1.62. The molecule has 42 heavy (non-hydrogen) atoms. The van der Waals surface area contributed by atoms with Gasteiger partial charge in [0.2, 0.25) is 5.91 Å². The molecule has 5 rings (SSSR count). The number of nitrogens with zero attached hydrogens (tertiary/aromatic N) is 4. The van der Waals surface area contributed by atoms with Crippen molar-refractivity contribution in [3.63, 3.8) is 0 Å². The van der Waals surface area contributed by atoms with E-state index in [1.165, 1.54) is 17.7 Å². The van der Waals surface area contributed by atoms with Crippen molar-refractivity contribution in [1.82, 2.24) is 9.80 Å². The summed E-state index contributed by atoms with van der Waals surface area (Å²) < 4.78 is 57.0. The number of halogens is 4. The van der Waals surface area contributed by atoms with Crippen LogP contribution in [0.25, 0.3) is 5.57 Å². The van der Waals surface area contributed by atoms with Crippen LogP contribution in [0.4, 0.5) is 28.9 Å². The third-order valence-electron chi connectivity index (χ3n) is 8.24. The van der Waals surface area contributed by atoms with Gasteiger partial charge >= 0.3 is 6.18 Å². The first-order valence-electron chi connectivity index (χ1n) is 13.8. The summed E-state index contributed by atoms with van der Waals surface area (Å²) in [6, 6.07) is 5.20. The number of anilines is 2. The number of benzene rings is 1. The van der Waals surface area contributed by atoms with Gasteiger partial charge in [-0.2, -0.15) is 24.5 Å². The fraction of sp³-hybridized carbons (Fsp3) is 0.433. The first-order chi connectivity index (χ1) is 19.9. The predicted octanol–water partition coefficient (Wildman–Crippen LogP) is 5.36. The molecule has 2 aromatic rings. The predicted molar refractivity (Wildman–Crippen MR) is 157 cm³/mol. The number of alkyl halides is 3. The molecule has 1 N–H and O–H groups in total. The summed E-state index contributed by atoms with van der Waals surface area (Å²) in [5, 5.41) is 6.76. The number of thiophene rings is 1.